The number of rotatable bonds is 4. The van der Waals surface area contributed by atoms with Crippen LogP contribution in [0.1, 0.15) is 91.7 Å². The van der Waals surface area contributed by atoms with Crippen molar-refractivity contribution in [2.24, 2.45) is 5.92 Å². The summed E-state index contributed by atoms with van der Waals surface area (Å²) in [6.07, 6.45) is 11.6. The predicted octanol–water partition coefficient (Wildman–Crippen LogP) is 5.35. The van der Waals surface area contributed by atoms with E-state index in [1.807, 2.05) is 6.20 Å². The first-order valence-corrected chi connectivity index (χ1v) is 17.2. The van der Waals surface area contributed by atoms with Gasteiger partial charge in [0.05, 0.1) is 40.6 Å². The average Bonchev–Trinajstić information content (AvgIpc) is 3.85. The monoisotopic (exact) mass is 622 g/mol. The number of hydrogen-bond acceptors (Lipinski definition) is 11. The van der Waals surface area contributed by atoms with Gasteiger partial charge in [0, 0.05) is 29.6 Å². The van der Waals surface area contributed by atoms with Gasteiger partial charge in [-0.05, 0) is 90.3 Å². The predicted molar refractivity (Wildman–Crippen MR) is 172 cm³/mol. The number of hydrogen-bond donors (Lipinski definition) is 1. The SMILES string of the molecule is CC(C1CCCN1C)n1ncc2c(N3CCCC(C#N)C3)nc(-c3noc4c3CCCC43CCCc4sc(N)c(C#N)c43)nc21. The number of nitrogens with zero attached hydrogens (tertiary/aromatic N) is 9. The zero-order valence-electron chi connectivity index (χ0n) is 25.9. The second-order valence-electron chi connectivity index (χ2n) is 13.4. The molecule has 4 atom stereocenters. The topological polar surface area (TPSA) is 150 Å². The number of nitrogen functional groups attached to an aromatic ring is 1. The van der Waals surface area contributed by atoms with Gasteiger partial charge in [0.1, 0.15) is 16.9 Å². The lowest BCUT2D eigenvalue weighted by Crippen LogP contribution is -2.36. The van der Waals surface area contributed by atoms with Crippen LogP contribution in [0.4, 0.5) is 10.8 Å². The molecule has 0 aromatic carbocycles. The largest absolute Gasteiger partial charge is 0.389 e. The van der Waals surface area contributed by atoms with Crippen LogP contribution in [0.25, 0.3) is 22.6 Å². The Hall–Kier alpha value is -4.00. The quantitative estimate of drug-likeness (QED) is 0.315. The van der Waals surface area contributed by atoms with Gasteiger partial charge in [-0.3, -0.25) is 0 Å². The highest BCUT2D eigenvalue weighted by Gasteiger charge is 2.49. The van der Waals surface area contributed by atoms with Crippen molar-refractivity contribution >= 4 is 33.2 Å². The zero-order chi connectivity index (χ0) is 30.9. The van der Waals surface area contributed by atoms with Crippen molar-refractivity contribution < 1.29 is 4.52 Å². The number of nitriles is 2. The molecule has 11 nitrogen and oxygen atoms in total. The maximum Gasteiger partial charge on any atom is 0.186 e. The first-order valence-electron chi connectivity index (χ1n) is 16.3. The summed E-state index contributed by atoms with van der Waals surface area (Å²) in [5.74, 6) is 2.16. The Bertz CT molecular complexity index is 1870. The van der Waals surface area contributed by atoms with Crippen molar-refractivity contribution in [1.29, 1.82) is 10.5 Å². The third-order valence-corrected chi connectivity index (χ3v) is 12.0. The fourth-order valence-electron chi connectivity index (χ4n) is 8.76. The third kappa shape index (κ3) is 4.29. The van der Waals surface area contributed by atoms with E-state index in [1.165, 1.54) is 11.3 Å². The van der Waals surface area contributed by atoms with Gasteiger partial charge in [-0.15, -0.1) is 11.3 Å². The van der Waals surface area contributed by atoms with Crippen molar-refractivity contribution in [2.75, 3.05) is 37.3 Å². The Balaban J connectivity index is 1.29. The maximum absolute atomic E-state index is 10.1. The Morgan fingerprint density at radius 1 is 1.11 bits per heavy atom. The molecule has 0 amide bonds. The van der Waals surface area contributed by atoms with E-state index in [1.54, 1.807) is 11.3 Å². The zero-order valence-corrected chi connectivity index (χ0v) is 26.7. The molecule has 6 heterocycles. The van der Waals surface area contributed by atoms with E-state index in [0.717, 1.165) is 105 Å². The molecule has 232 valence electrons. The molecule has 0 radical (unpaired) electrons. The number of nitrogens with two attached hydrogens (primary N) is 1. The van der Waals surface area contributed by atoms with Gasteiger partial charge in [-0.1, -0.05) is 5.16 Å². The van der Waals surface area contributed by atoms with Gasteiger partial charge in [0.25, 0.3) is 0 Å². The molecule has 0 bridgehead atoms. The van der Waals surface area contributed by atoms with E-state index in [4.69, 9.17) is 30.5 Å². The highest BCUT2D eigenvalue weighted by Crippen LogP contribution is 2.55. The normalized spacial score (nSPS) is 25.6. The van der Waals surface area contributed by atoms with Gasteiger partial charge in [-0.2, -0.15) is 15.6 Å². The molecule has 45 heavy (non-hydrogen) atoms. The van der Waals surface area contributed by atoms with Crippen LogP contribution in [0.3, 0.4) is 0 Å². The van der Waals surface area contributed by atoms with Crippen LogP contribution in [-0.4, -0.2) is 62.5 Å². The Labute approximate surface area is 266 Å². The number of aromatic nitrogens is 5. The molecule has 2 aliphatic carbocycles. The molecule has 8 rings (SSSR count). The van der Waals surface area contributed by atoms with E-state index in [9.17, 15) is 10.5 Å². The van der Waals surface area contributed by atoms with E-state index in [-0.39, 0.29) is 12.0 Å². The Kier molecular flexibility index (Phi) is 6.84. The number of anilines is 2. The number of likely N-dealkylation sites (tertiary alicyclic amines) is 1. The van der Waals surface area contributed by atoms with Crippen LogP contribution < -0.4 is 10.6 Å². The number of thiophene rings is 1. The number of piperidine rings is 1. The Morgan fingerprint density at radius 3 is 2.71 bits per heavy atom. The summed E-state index contributed by atoms with van der Waals surface area (Å²) in [6, 6.07) is 5.40. The first-order chi connectivity index (χ1) is 21.9. The molecule has 2 N–H and O–H groups in total. The second kappa shape index (κ2) is 10.8. The van der Waals surface area contributed by atoms with Crippen molar-refractivity contribution in [1.82, 2.24) is 29.8 Å². The van der Waals surface area contributed by atoms with E-state index in [2.05, 4.69) is 40.6 Å². The lowest BCUT2D eigenvalue weighted by atomic mass is 9.63. The average molecular weight is 623 g/mol. The maximum atomic E-state index is 10.1. The van der Waals surface area contributed by atoms with Crippen LogP contribution in [0.15, 0.2) is 10.7 Å². The van der Waals surface area contributed by atoms with Gasteiger partial charge in [0.15, 0.2) is 22.9 Å². The smallest absolute Gasteiger partial charge is 0.186 e. The van der Waals surface area contributed by atoms with Crippen LogP contribution >= 0.6 is 11.3 Å². The summed E-state index contributed by atoms with van der Waals surface area (Å²) in [7, 11) is 2.19. The van der Waals surface area contributed by atoms with Crippen molar-refractivity contribution in [2.45, 2.75) is 88.6 Å². The molecule has 2 saturated heterocycles. The van der Waals surface area contributed by atoms with Gasteiger partial charge in [-0.25, -0.2) is 14.6 Å². The third-order valence-electron chi connectivity index (χ3n) is 10.9. The highest BCUT2D eigenvalue weighted by molar-refractivity contribution is 7.16. The van der Waals surface area contributed by atoms with Gasteiger partial charge < -0.3 is 20.1 Å². The molecule has 1 spiro atoms. The molecule has 2 fully saturated rings. The van der Waals surface area contributed by atoms with Gasteiger partial charge in [0.2, 0.25) is 0 Å². The fraction of sp³-hybridized carbons (Fsp3) is 0.576. The number of fused-ring (bicyclic) bond motifs is 5. The summed E-state index contributed by atoms with van der Waals surface area (Å²) >= 11 is 1.55. The number of aryl methyl sites for hydroxylation is 1. The van der Waals surface area contributed by atoms with Crippen molar-refractivity contribution in [3.05, 3.63) is 33.5 Å². The molecule has 4 aromatic heterocycles. The van der Waals surface area contributed by atoms with Crippen LogP contribution in [0, 0.1) is 28.6 Å². The molecule has 4 unspecified atom stereocenters. The second-order valence-corrected chi connectivity index (χ2v) is 14.6. The van der Waals surface area contributed by atoms with Gasteiger partial charge >= 0.3 is 0 Å². The van der Waals surface area contributed by atoms with E-state index >= 15 is 0 Å². The summed E-state index contributed by atoms with van der Waals surface area (Å²) in [5.41, 5.74) is 10.1. The summed E-state index contributed by atoms with van der Waals surface area (Å²) < 4.78 is 8.39. The standard InChI is InChI=1S/C33H38N10OS/c1-19(24-9-6-13-41(24)2)43-32-23(17-37-43)31(42-14-5-7-20(15-34)18-42)38-30(39-32)27-21-8-3-11-33(28(21)44-40-27)12-4-10-25-26(33)22(16-35)29(36)45-25/h17,19-20,24H,3-14,18,36H2,1-2H3. The van der Waals surface area contributed by atoms with Crippen molar-refractivity contribution in [3.63, 3.8) is 0 Å². The molecule has 0 saturated carbocycles. The molecule has 4 aromatic rings. The number of likely N-dealkylation sites (N-methyl/N-ethyl adjacent to an activating group) is 1. The van der Waals surface area contributed by atoms with Crippen molar-refractivity contribution in [3.8, 4) is 23.7 Å². The van der Waals surface area contributed by atoms with E-state index < -0.39 is 5.41 Å². The van der Waals surface area contributed by atoms with Crippen LogP contribution in [0.5, 0.6) is 0 Å². The lowest BCUT2D eigenvalue weighted by Gasteiger charge is -2.39. The summed E-state index contributed by atoms with van der Waals surface area (Å²) in [6.45, 7) is 4.78. The highest BCUT2D eigenvalue weighted by atomic mass is 32.1. The lowest BCUT2D eigenvalue weighted by molar-refractivity contribution is 0.232. The van der Waals surface area contributed by atoms with Crippen LogP contribution in [0.2, 0.25) is 0 Å². The summed E-state index contributed by atoms with van der Waals surface area (Å²) in [4.78, 5) is 16.2. The van der Waals surface area contributed by atoms with E-state index in [0.29, 0.717) is 34.7 Å². The molecular formula is C33H38N10OS. The minimum atomic E-state index is -0.408. The van der Waals surface area contributed by atoms with Crippen LogP contribution in [-0.2, 0) is 18.3 Å². The molecular weight excluding hydrogens is 584 g/mol. The first kappa shape index (κ1) is 28.5. The molecule has 12 heteroatoms. The minimum absolute atomic E-state index is 0.0409. The summed E-state index contributed by atoms with van der Waals surface area (Å²) in [5, 5.41) is 31.0. The molecule has 4 aliphatic rings. The minimum Gasteiger partial charge on any atom is -0.389 e. The fourth-order valence-corrected chi connectivity index (χ4v) is 9.92. The Morgan fingerprint density at radius 2 is 1.93 bits per heavy atom. The molecule has 2 aliphatic heterocycles.